The van der Waals surface area contributed by atoms with Crippen molar-refractivity contribution >= 4 is 23.8 Å². The van der Waals surface area contributed by atoms with Crippen molar-refractivity contribution < 1.29 is 33.7 Å². The van der Waals surface area contributed by atoms with E-state index in [0.717, 1.165) is 44.1 Å². The van der Waals surface area contributed by atoms with Gasteiger partial charge in [-0.3, -0.25) is 9.59 Å². The molecule has 1 aromatic rings. The molecule has 7 nitrogen and oxygen atoms in total. The molecule has 9 atom stereocenters. The molecule has 0 heterocycles. The fraction of sp³-hybridized carbons (Fsp3) is 0.683. The van der Waals surface area contributed by atoms with Crippen molar-refractivity contribution in [2.75, 3.05) is 14.2 Å². The van der Waals surface area contributed by atoms with Gasteiger partial charge in [0.15, 0.2) is 17.3 Å². The zero-order valence-corrected chi connectivity index (χ0v) is 30.5. The zero-order valence-electron chi connectivity index (χ0n) is 30.5. The van der Waals surface area contributed by atoms with Crippen LogP contribution in [0.3, 0.4) is 0 Å². The third-order valence-electron chi connectivity index (χ3n) is 15.1. The number of carbonyl (C=O) groups is 3. The molecule has 0 unspecified atom stereocenters. The number of hydrogen-bond donors (Lipinski definition) is 1. The summed E-state index contributed by atoms with van der Waals surface area (Å²) in [6, 6.07) is 5.54. The van der Waals surface area contributed by atoms with Crippen LogP contribution in [0.15, 0.2) is 35.9 Å². The van der Waals surface area contributed by atoms with E-state index < -0.39 is 11.4 Å². The maximum absolute atomic E-state index is 14.6. The Bertz CT molecular complexity index is 1570. The van der Waals surface area contributed by atoms with Crippen LogP contribution in [0.4, 0.5) is 0 Å². The van der Waals surface area contributed by atoms with E-state index in [1.807, 2.05) is 31.2 Å². The summed E-state index contributed by atoms with van der Waals surface area (Å²) in [6.45, 7) is 15.8. The minimum absolute atomic E-state index is 0.0287. The van der Waals surface area contributed by atoms with Gasteiger partial charge in [0.05, 0.1) is 19.6 Å². The normalized spacial score (nSPS) is 41.6. The summed E-state index contributed by atoms with van der Waals surface area (Å²) in [5.74, 6) is 0.464. The molecular weight excluding hydrogens is 604 g/mol. The molecule has 0 aliphatic heterocycles. The molecule has 1 N–H and O–H groups in total. The predicted molar refractivity (Wildman–Crippen MR) is 186 cm³/mol. The third-order valence-corrected chi connectivity index (χ3v) is 15.1. The van der Waals surface area contributed by atoms with Gasteiger partial charge < -0.3 is 19.3 Å². The molecule has 1 aromatic carbocycles. The molecule has 262 valence electrons. The Labute approximate surface area is 286 Å². The lowest BCUT2D eigenvalue weighted by Crippen LogP contribution is -2.66. The van der Waals surface area contributed by atoms with E-state index in [9.17, 15) is 19.5 Å². The second-order valence-corrected chi connectivity index (χ2v) is 17.8. The summed E-state index contributed by atoms with van der Waals surface area (Å²) < 4.78 is 17.1. The van der Waals surface area contributed by atoms with Gasteiger partial charge in [0, 0.05) is 23.0 Å². The van der Waals surface area contributed by atoms with Gasteiger partial charge in [-0.2, -0.15) is 0 Å². The van der Waals surface area contributed by atoms with Gasteiger partial charge in [0.25, 0.3) is 0 Å². The van der Waals surface area contributed by atoms with Crippen molar-refractivity contribution in [2.45, 2.75) is 112 Å². The second-order valence-electron chi connectivity index (χ2n) is 17.8. The summed E-state index contributed by atoms with van der Waals surface area (Å²) in [7, 11) is 3.16. The van der Waals surface area contributed by atoms with Crippen LogP contribution in [0.1, 0.15) is 112 Å². The van der Waals surface area contributed by atoms with Gasteiger partial charge in [-0.15, -0.1) is 0 Å². The molecular formula is C41H56O7. The number of benzene rings is 1. The summed E-state index contributed by atoms with van der Waals surface area (Å²) >= 11 is 0. The van der Waals surface area contributed by atoms with E-state index in [1.54, 1.807) is 20.3 Å². The molecule has 4 fully saturated rings. The summed E-state index contributed by atoms with van der Waals surface area (Å²) in [4.78, 5) is 40.3. The molecule has 0 spiro atoms. The minimum Gasteiger partial charge on any atom is -0.493 e. The highest BCUT2D eigenvalue weighted by Crippen LogP contribution is 2.75. The lowest BCUT2D eigenvalue weighted by atomic mass is 9.33. The maximum atomic E-state index is 14.6. The van der Waals surface area contributed by atoms with Crippen LogP contribution < -0.4 is 9.47 Å². The maximum Gasteiger partial charge on any atom is 0.331 e. The zero-order chi connectivity index (χ0) is 35.1. The SMILES string of the molecule is COc1cccc(/C=C/C(=O)O[C@H]2CC[C@]3(C)[C@H]4C(=O)C=C5[C@H]6C[C@@](C)(C(=O)O)CC[C@]6(C)CC[C@@]5(C)[C@]4(C)CC[C@H]3C2(C)C)c1OC. The van der Waals surface area contributed by atoms with Gasteiger partial charge in [0.1, 0.15) is 6.10 Å². The Morgan fingerprint density at radius 1 is 0.896 bits per heavy atom. The molecule has 4 saturated carbocycles. The number of para-hydroxylation sites is 1. The number of esters is 1. The molecule has 0 amide bonds. The molecule has 7 heteroatoms. The Morgan fingerprint density at radius 2 is 1.60 bits per heavy atom. The Morgan fingerprint density at radius 3 is 2.27 bits per heavy atom. The van der Waals surface area contributed by atoms with E-state index in [2.05, 4.69) is 41.5 Å². The Kier molecular flexibility index (Phi) is 8.32. The average molecular weight is 661 g/mol. The number of allylic oxidation sites excluding steroid dienone is 2. The Balaban J connectivity index is 1.27. The van der Waals surface area contributed by atoms with Crippen LogP contribution >= 0.6 is 0 Å². The average Bonchev–Trinajstić information content (AvgIpc) is 3.02. The quantitative estimate of drug-likeness (QED) is 0.241. The Hall–Kier alpha value is -3.09. The highest BCUT2D eigenvalue weighted by Gasteiger charge is 2.70. The van der Waals surface area contributed by atoms with Gasteiger partial charge in [-0.05, 0) is 116 Å². The molecule has 0 aromatic heterocycles. The highest BCUT2D eigenvalue weighted by molar-refractivity contribution is 5.96. The summed E-state index contributed by atoms with van der Waals surface area (Å²) in [6.07, 6.45) is 12.6. The van der Waals surface area contributed by atoms with Crippen molar-refractivity contribution in [3.8, 4) is 11.5 Å². The van der Waals surface area contributed by atoms with Crippen LogP contribution in [-0.2, 0) is 19.1 Å². The first-order valence-corrected chi connectivity index (χ1v) is 18.0. The van der Waals surface area contributed by atoms with Gasteiger partial charge in [-0.1, -0.05) is 59.2 Å². The van der Waals surface area contributed by atoms with E-state index in [4.69, 9.17) is 14.2 Å². The number of hydrogen-bond acceptors (Lipinski definition) is 6. The molecule has 48 heavy (non-hydrogen) atoms. The molecule has 0 bridgehead atoms. The number of methoxy groups -OCH3 is 2. The lowest BCUT2D eigenvalue weighted by Gasteiger charge is -2.70. The smallest absolute Gasteiger partial charge is 0.331 e. The largest absolute Gasteiger partial charge is 0.493 e. The molecule has 6 rings (SSSR count). The number of aliphatic carboxylic acids is 1. The van der Waals surface area contributed by atoms with Crippen molar-refractivity contribution in [1.82, 2.24) is 0 Å². The third kappa shape index (κ3) is 4.91. The summed E-state index contributed by atoms with van der Waals surface area (Å²) in [5.41, 5.74) is 0.273. The number of carbonyl (C=O) groups excluding carboxylic acids is 2. The number of fused-ring (bicyclic) bond motifs is 7. The van der Waals surface area contributed by atoms with E-state index in [-0.39, 0.29) is 62.7 Å². The van der Waals surface area contributed by atoms with Crippen LogP contribution in [0.5, 0.6) is 11.5 Å². The van der Waals surface area contributed by atoms with E-state index >= 15 is 0 Å². The summed E-state index contributed by atoms with van der Waals surface area (Å²) in [5, 5.41) is 10.2. The fourth-order valence-electron chi connectivity index (χ4n) is 11.9. The monoisotopic (exact) mass is 660 g/mol. The number of rotatable bonds is 6. The van der Waals surface area contributed by atoms with Crippen molar-refractivity contribution in [3.05, 3.63) is 41.5 Å². The number of carboxylic acids is 1. The molecule has 0 saturated heterocycles. The van der Waals surface area contributed by atoms with Crippen molar-refractivity contribution in [3.63, 3.8) is 0 Å². The van der Waals surface area contributed by atoms with Crippen molar-refractivity contribution in [2.24, 2.45) is 50.2 Å². The van der Waals surface area contributed by atoms with Crippen LogP contribution in [0.25, 0.3) is 6.08 Å². The second kappa shape index (κ2) is 11.5. The lowest BCUT2D eigenvalue weighted by molar-refractivity contribution is -0.209. The number of carboxylic acid groups (broad SMARTS) is 1. The fourth-order valence-corrected chi connectivity index (χ4v) is 11.9. The highest BCUT2D eigenvalue weighted by atomic mass is 16.5. The molecule has 5 aliphatic rings. The minimum atomic E-state index is -0.761. The molecule has 0 radical (unpaired) electrons. The number of ketones is 1. The van der Waals surface area contributed by atoms with Gasteiger partial charge in [-0.25, -0.2) is 4.79 Å². The number of ether oxygens (including phenoxy) is 3. The molecule has 5 aliphatic carbocycles. The van der Waals surface area contributed by atoms with Crippen LogP contribution in [0.2, 0.25) is 0 Å². The van der Waals surface area contributed by atoms with Gasteiger partial charge in [0.2, 0.25) is 0 Å². The predicted octanol–water partition coefficient (Wildman–Crippen LogP) is 8.69. The van der Waals surface area contributed by atoms with Crippen LogP contribution in [0, 0.1) is 50.2 Å². The van der Waals surface area contributed by atoms with Gasteiger partial charge >= 0.3 is 11.9 Å². The first-order valence-electron chi connectivity index (χ1n) is 18.0. The topological polar surface area (TPSA) is 99.1 Å². The van der Waals surface area contributed by atoms with E-state index in [1.165, 1.54) is 11.6 Å². The first kappa shape index (κ1) is 34.8. The standard InChI is InChI=1S/C41H56O7/c1-36(2)30-15-18-41(7)34(28(42)23-26-27-24-38(4,35(44)45)20-19-37(27,3)21-22-40(26,41)6)39(30,5)17-16-31(36)48-32(43)14-13-25-11-10-12-29(46-8)33(25)47-9/h10-14,23,27,30-31,34H,15-22,24H2,1-9H3,(H,44,45)/b14-13+/t27-,30+,31+,34-,37-,38+,39+,40-,41-/m1/s1. The van der Waals surface area contributed by atoms with Crippen LogP contribution in [-0.4, -0.2) is 43.2 Å². The first-order chi connectivity index (χ1) is 22.4. The van der Waals surface area contributed by atoms with E-state index in [0.29, 0.717) is 30.8 Å². The van der Waals surface area contributed by atoms with Crippen molar-refractivity contribution in [1.29, 1.82) is 0 Å².